The molecule has 0 bridgehead atoms. The molecule has 1 fully saturated rings. The molecule has 0 aliphatic carbocycles. The molecule has 2 heterocycles. The third-order valence-electron chi connectivity index (χ3n) is 2.31. The van der Waals surface area contributed by atoms with E-state index in [0.29, 0.717) is 6.54 Å². The van der Waals surface area contributed by atoms with E-state index in [1.807, 2.05) is 0 Å². The summed E-state index contributed by atoms with van der Waals surface area (Å²) in [5.41, 5.74) is 0. The van der Waals surface area contributed by atoms with Crippen LogP contribution in [0.1, 0.15) is 18.0 Å². The minimum absolute atomic E-state index is 0.0967. The average Bonchev–Trinajstić information content (AvgIpc) is 2.71. The number of amides is 1. The Kier molecular flexibility index (Phi) is 3.08. The molecule has 1 atom stereocenters. The number of thiophene rings is 1. The standard InChI is InChI=1S/C9H11IN2OS/c1-2-12-5-7(13)11-9(12)8-6(10)3-4-14-8/h3-4,9H,2,5H2,1H3,(H,11,13). The highest BCUT2D eigenvalue weighted by atomic mass is 127. The Labute approximate surface area is 101 Å². The first-order valence-corrected chi connectivity index (χ1v) is 6.44. The maximum atomic E-state index is 11.3. The normalized spacial score (nSPS) is 22.7. The van der Waals surface area contributed by atoms with Gasteiger partial charge in [0, 0.05) is 3.57 Å². The lowest BCUT2D eigenvalue weighted by Crippen LogP contribution is -2.27. The smallest absolute Gasteiger partial charge is 0.235 e. The van der Waals surface area contributed by atoms with E-state index in [1.54, 1.807) is 11.3 Å². The Bertz CT molecular complexity index is 352. The predicted molar refractivity (Wildman–Crippen MR) is 65.2 cm³/mol. The van der Waals surface area contributed by atoms with Crippen LogP contribution in [0.15, 0.2) is 11.4 Å². The fourth-order valence-electron chi connectivity index (χ4n) is 1.59. The van der Waals surface area contributed by atoms with Gasteiger partial charge in [0.25, 0.3) is 0 Å². The van der Waals surface area contributed by atoms with Gasteiger partial charge in [0.2, 0.25) is 5.91 Å². The minimum atomic E-state index is 0.0967. The Morgan fingerprint density at radius 3 is 3.14 bits per heavy atom. The van der Waals surface area contributed by atoms with Crippen LogP contribution >= 0.6 is 33.9 Å². The second-order valence-electron chi connectivity index (χ2n) is 3.17. The van der Waals surface area contributed by atoms with Crippen LogP contribution in [0.3, 0.4) is 0 Å². The fourth-order valence-corrected chi connectivity index (χ4v) is 3.56. The highest BCUT2D eigenvalue weighted by Crippen LogP contribution is 2.30. The molecule has 0 radical (unpaired) electrons. The number of nitrogens with zero attached hydrogens (tertiary/aromatic N) is 1. The summed E-state index contributed by atoms with van der Waals surface area (Å²) in [6.45, 7) is 3.50. The van der Waals surface area contributed by atoms with E-state index in [0.717, 1.165) is 6.54 Å². The minimum Gasteiger partial charge on any atom is -0.335 e. The number of hydrogen-bond donors (Lipinski definition) is 1. The number of rotatable bonds is 2. The molecular weight excluding hydrogens is 311 g/mol. The zero-order valence-corrected chi connectivity index (χ0v) is 10.8. The van der Waals surface area contributed by atoms with E-state index >= 15 is 0 Å². The van der Waals surface area contributed by atoms with Crippen LogP contribution in [0.25, 0.3) is 0 Å². The second-order valence-corrected chi connectivity index (χ2v) is 5.28. The van der Waals surface area contributed by atoms with Crippen molar-refractivity contribution in [3.63, 3.8) is 0 Å². The molecule has 3 nitrogen and oxygen atoms in total. The van der Waals surface area contributed by atoms with Gasteiger partial charge in [-0.1, -0.05) is 6.92 Å². The van der Waals surface area contributed by atoms with Crippen molar-refractivity contribution in [1.29, 1.82) is 0 Å². The van der Waals surface area contributed by atoms with Crippen LogP contribution in [-0.4, -0.2) is 23.9 Å². The van der Waals surface area contributed by atoms with Crippen LogP contribution in [-0.2, 0) is 4.79 Å². The summed E-state index contributed by atoms with van der Waals surface area (Å²) in [4.78, 5) is 14.7. The van der Waals surface area contributed by atoms with Crippen molar-refractivity contribution >= 4 is 39.8 Å². The van der Waals surface area contributed by atoms with E-state index in [9.17, 15) is 4.79 Å². The van der Waals surface area contributed by atoms with Crippen molar-refractivity contribution in [3.8, 4) is 0 Å². The van der Waals surface area contributed by atoms with Crippen molar-refractivity contribution in [3.05, 3.63) is 19.9 Å². The lowest BCUT2D eigenvalue weighted by atomic mass is 10.3. The van der Waals surface area contributed by atoms with Gasteiger partial charge in [-0.15, -0.1) is 11.3 Å². The molecule has 0 aromatic carbocycles. The van der Waals surface area contributed by atoms with E-state index in [1.165, 1.54) is 8.45 Å². The maximum absolute atomic E-state index is 11.3. The summed E-state index contributed by atoms with van der Waals surface area (Å²) < 4.78 is 1.23. The van der Waals surface area contributed by atoms with Crippen LogP contribution in [0.2, 0.25) is 0 Å². The van der Waals surface area contributed by atoms with Gasteiger partial charge < -0.3 is 5.32 Å². The summed E-state index contributed by atoms with van der Waals surface area (Å²) in [6, 6.07) is 2.08. The Morgan fingerprint density at radius 2 is 2.57 bits per heavy atom. The van der Waals surface area contributed by atoms with Crippen LogP contribution < -0.4 is 5.32 Å². The Hall–Kier alpha value is -0.140. The number of nitrogens with one attached hydrogen (secondary N) is 1. The first kappa shape index (κ1) is 10.4. The number of hydrogen-bond acceptors (Lipinski definition) is 3. The molecular formula is C9H11IN2OS. The maximum Gasteiger partial charge on any atom is 0.235 e. The van der Waals surface area contributed by atoms with Gasteiger partial charge in [0.1, 0.15) is 6.17 Å². The molecule has 1 saturated heterocycles. The molecule has 5 heteroatoms. The van der Waals surface area contributed by atoms with Gasteiger partial charge in [-0.2, -0.15) is 0 Å². The zero-order valence-electron chi connectivity index (χ0n) is 7.79. The molecule has 1 aromatic rings. The Morgan fingerprint density at radius 1 is 1.79 bits per heavy atom. The van der Waals surface area contributed by atoms with Crippen molar-refractivity contribution in [2.75, 3.05) is 13.1 Å². The monoisotopic (exact) mass is 322 g/mol. The number of halogens is 1. The van der Waals surface area contributed by atoms with Gasteiger partial charge >= 0.3 is 0 Å². The lowest BCUT2D eigenvalue weighted by Gasteiger charge is -2.20. The largest absolute Gasteiger partial charge is 0.335 e. The average molecular weight is 322 g/mol. The molecule has 1 N–H and O–H groups in total. The summed E-state index contributed by atoms with van der Waals surface area (Å²) in [6.07, 6.45) is 0.0967. The third kappa shape index (κ3) is 1.80. The molecule has 1 aromatic heterocycles. The van der Waals surface area contributed by atoms with Crippen molar-refractivity contribution in [2.24, 2.45) is 0 Å². The number of carbonyl (C=O) groups excluding carboxylic acids is 1. The van der Waals surface area contributed by atoms with E-state index in [-0.39, 0.29) is 12.1 Å². The van der Waals surface area contributed by atoms with Gasteiger partial charge in [0.05, 0.1) is 11.4 Å². The van der Waals surface area contributed by atoms with Gasteiger partial charge in [-0.25, -0.2) is 0 Å². The first-order chi connectivity index (χ1) is 6.72. The van der Waals surface area contributed by atoms with Crippen LogP contribution in [0, 0.1) is 3.57 Å². The van der Waals surface area contributed by atoms with Crippen molar-refractivity contribution < 1.29 is 4.79 Å². The first-order valence-electron chi connectivity index (χ1n) is 4.48. The zero-order chi connectivity index (χ0) is 10.1. The quantitative estimate of drug-likeness (QED) is 0.842. The molecule has 1 aliphatic heterocycles. The predicted octanol–water partition coefficient (Wildman–Crippen LogP) is 1.80. The Balaban J connectivity index is 2.26. The highest BCUT2D eigenvalue weighted by Gasteiger charge is 2.31. The molecule has 76 valence electrons. The fraction of sp³-hybridized carbons (Fsp3) is 0.444. The van der Waals surface area contributed by atoms with Crippen molar-refractivity contribution in [2.45, 2.75) is 13.1 Å². The van der Waals surface area contributed by atoms with E-state index < -0.39 is 0 Å². The second kappa shape index (κ2) is 4.16. The summed E-state index contributed by atoms with van der Waals surface area (Å²) in [5.74, 6) is 0.126. The van der Waals surface area contributed by atoms with Gasteiger partial charge in [-0.05, 0) is 40.6 Å². The molecule has 1 unspecified atom stereocenters. The molecule has 14 heavy (non-hydrogen) atoms. The summed E-state index contributed by atoms with van der Waals surface area (Å²) >= 11 is 4.02. The van der Waals surface area contributed by atoms with E-state index in [4.69, 9.17) is 0 Å². The molecule has 1 aliphatic rings. The summed E-state index contributed by atoms with van der Waals surface area (Å²) in [5, 5.41) is 5.06. The lowest BCUT2D eigenvalue weighted by molar-refractivity contribution is -0.118. The molecule has 0 saturated carbocycles. The third-order valence-corrected chi connectivity index (χ3v) is 4.58. The van der Waals surface area contributed by atoms with Crippen LogP contribution in [0.4, 0.5) is 0 Å². The molecule has 0 spiro atoms. The topological polar surface area (TPSA) is 32.3 Å². The van der Waals surface area contributed by atoms with Gasteiger partial charge in [0.15, 0.2) is 0 Å². The van der Waals surface area contributed by atoms with Crippen molar-refractivity contribution in [1.82, 2.24) is 10.2 Å². The number of likely N-dealkylation sites (N-methyl/N-ethyl adjacent to an activating group) is 1. The molecule has 1 amide bonds. The number of carbonyl (C=O) groups is 1. The van der Waals surface area contributed by atoms with E-state index in [2.05, 4.69) is 51.2 Å². The van der Waals surface area contributed by atoms with Gasteiger partial charge in [-0.3, -0.25) is 9.69 Å². The van der Waals surface area contributed by atoms with Crippen LogP contribution in [0.5, 0.6) is 0 Å². The summed E-state index contributed by atoms with van der Waals surface area (Å²) in [7, 11) is 0. The SMILES string of the molecule is CCN1CC(=O)NC1c1sccc1I. The molecule has 2 rings (SSSR count). The highest BCUT2D eigenvalue weighted by molar-refractivity contribution is 14.1.